The number of nitrogens with zero attached hydrogens (tertiary/aromatic N) is 2. The van der Waals surface area contributed by atoms with Crippen LogP contribution in [0.1, 0.15) is 31.7 Å². The van der Waals surface area contributed by atoms with Gasteiger partial charge < -0.3 is 14.5 Å². The van der Waals surface area contributed by atoms with Crippen molar-refractivity contribution in [2.45, 2.75) is 39.0 Å². The second kappa shape index (κ2) is 10.6. The molecule has 0 saturated heterocycles. The zero-order chi connectivity index (χ0) is 19.6. The molecule has 0 atom stereocenters. The van der Waals surface area contributed by atoms with Crippen LogP contribution in [0, 0.1) is 12.8 Å². The maximum Gasteiger partial charge on any atom is 0.321 e. The average molecular weight is 392 g/mol. The van der Waals surface area contributed by atoms with E-state index >= 15 is 0 Å². The summed E-state index contributed by atoms with van der Waals surface area (Å²) in [6.07, 6.45) is 0.853. The molecule has 0 fully saturated rings. The number of benzene rings is 1. The quantitative estimate of drug-likeness (QED) is 0.632. The van der Waals surface area contributed by atoms with E-state index in [1.165, 1.54) is 0 Å². The highest BCUT2D eigenvalue weighted by atomic mass is 32.2. The monoisotopic (exact) mass is 392 g/mol. The minimum atomic E-state index is -0.501. The van der Waals surface area contributed by atoms with Crippen LogP contribution in [0.25, 0.3) is 0 Å². The summed E-state index contributed by atoms with van der Waals surface area (Å²) in [7, 11) is 0. The van der Waals surface area contributed by atoms with E-state index in [1.54, 1.807) is 0 Å². The Morgan fingerprint density at radius 3 is 2.85 bits per heavy atom. The van der Waals surface area contributed by atoms with Gasteiger partial charge in [0.25, 0.3) is 11.1 Å². The van der Waals surface area contributed by atoms with Gasteiger partial charge in [-0.1, -0.05) is 37.7 Å². The standard InChI is InChI=1S/C18H24N4O4S/c1-12(2)7-8-19-17(24)20-15(23)11-27-18-22-21-16(26-18)10-25-14-6-4-5-13(3)9-14/h4-6,9,12H,7-8,10-11H2,1-3H3,(H2,19,20,23,24). The molecule has 1 aromatic carbocycles. The highest BCUT2D eigenvalue weighted by molar-refractivity contribution is 7.99. The molecule has 2 aromatic rings. The fraction of sp³-hybridized carbons (Fsp3) is 0.444. The minimum Gasteiger partial charge on any atom is -0.484 e. The number of urea groups is 1. The number of aryl methyl sites for hydroxylation is 1. The lowest BCUT2D eigenvalue weighted by molar-refractivity contribution is -0.117. The fourth-order valence-electron chi connectivity index (χ4n) is 2.01. The smallest absolute Gasteiger partial charge is 0.321 e. The third-order valence-electron chi connectivity index (χ3n) is 3.39. The van der Waals surface area contributed by atoms with Crippen molar-refractivity contribution >= 4 is 23.7 Å². The molecule has 0 bridgehead atoms. The van der Waals surface area contributed by atoms with Crippen molar-refractivity contribution in [2.75, 3.05) is 12.3 Å². The molecule has 2 rings (SSSR count). The number of ether oxygens (including phenoxy) is 1. The highest BCUT2D eigenvalue weighted by Gasteiger charge is 2.12. The molecule has 0 unspecified atom stereocenters. The Morgan fingerprint density at radius 2 is 2.11 bits per heavy atom. The predicted molar refractivity (Wildman–Crippen MR) is 102 cm³/mol. The molecule has 27 heavy (non-hydrogen) atoms. The molecule has 0 radical (unpaired) electrons. The summed E-state index contributed by atoms with van der Waals surface area (Å²) in [6.45, 7) is 6.77. The van der Waals surface area contributed by atoms with Crippen molar-refractivity contribution in [3.05, 3.63) is 35.7 Å². The van der Waals surface area contributed by atoms with Gasteiger partial charge in [0.2, 0.25) is 5.91 Å². The van der Waals surface area contributed by atoms with E-state index in [1.807, 2.05) is 31.2 Å². The summed E-state index contributed by atoms with van der Waals surface area (Å²) >= 11 is 1.06. The van der Waals surface area contributed by atoms with Gasteiger partial charge in [-0.05, 0) is 37.0 Å². The number of thioether (sulfide) groups is 1. The number of aromatic nitrogens is 2. The topological polar surface area (TPSA) is 106 Å². The normalized spacial score (nSPS) is 10.7. The van der Waals surface area contributed by atoms with Crippen LogP contribution in [0.3, 0.4) is 0 Å². The van der Waals surface area contributed by atoms with Gasteiger partial charge in [-0.2, -0.15) is 0 Å². The van der Waals surface area contributed by atoms with Crippen LogP contribution in [0.5, 0.6) is 5.75 Å². The minimum absolute atomic E-state index is 0.00201. The SMILES string of the molecule is Cc1cccc(OCc2nnc(SCC(=O)NC(=O)NCCC(C)C)o2)c1. The first-order valence-electron chi connectivity index (χ1n) is 8.64. The van der Waals surface area contributed by atoms with Crippen molar-refractivity contribution in [3.8, 4) is 5.75 Å². The Balaban J connectivity index is 1.69. The van der Waals surface area contributed by atoms with E-state index in [0.29, 0.717) is 24.1 Å². The van der Waals surface area contributed by atoms with Crippen molar-refractivity contribution < 1.29 is 18.7 Å². The third kappa shape index (κ3) is 8.12. The molecule has 1 heterocycles. The predicted octanol–water partition coefficient (Wildman–Crippen LogP) is 2.92. The van der Waals surface area contributed by atoms with Gasteiger partial charge in [-0.25, -0.2) is 4.79 Å². The van der Waals surface area contributed by atoms with Gasteiger partial charge in [-0.3, -0.25) is 10.1 Å². The summed E-state index contributed by atoms with van der Waals surface area (Å²) < 4.78 is 11.0. The molecular formula is C18H24N4O4S. The van der Waals surface area contributed by atoms with E-state index < -0.39 is 11.9 Å². The Bertz CT molecular complexity index is 763. The van der Waals surface area contributed by atoms with E-state index in [9.17, 15) is 9.59 Å². The molecule has 0 spiro atoms. The van der Waals surface area contributed by atoms with Crippen LogP contribution in [-0.4, -0.2) is 34.4 Å². The average Bonchev–Trinajstić information content (AvgIpc) is 3.06. The molecule has 0 aliphatic heterocycles. The van der Waals surface area contributed by atoms with Crippen molar-refractivity contribution in [3.63, 3.8) is 0 Å². The first-order chi connectivity index (χ1) is 12.9. The lowest BCUT2D eigenvalue weighted by atomic mass is 10.1. The Labute approximate surface area is 162 Å². The Morgan fingerprint density at radius 1 is 1.30 bits per heavy atom. The molecule has 0 aliphatic carbocycles. The Hall–Kier alpha value is -2.55. The van der Waals surface area contributed by atoms with Crippen LogP contribution in [-0.2, 0) is 11.4 Å². The van der Waals surface area contributed by atoms with Gasteiger partial charge in [-0.15, -0.1) is 10.2 Å². The molecule has 3 amide bonds. The summed E-state index contributed by atoms with van der Waals surface area (Å²) in [5.74, 6) is 1.07. The van der Waals surface area contributed by atoms with Crippen LogP contribution in [0.15, 0.2) is 33.9 Å². The molecular weight excluding hydrogens is 368 g/mol. The summed E-state index contributed by atoms with van der Waals surface area (Å²) in [5, 5.41) is 12.9. The third-order valence-corrected chi connectivity index (χ3v) is 4.21. The van der Waals surface area contributed by atoms with Gasteiger partial charge >= 0.3 is 6.03 Å². The van der Waals surface area contributed by atoms with Crippen LogP contribution in [0.2, 0.25) is 0 Å². The first kappa shape index (κ1) is 20.8. The fourth-order valence-corrected chi connectivity index (χ4v) is 2.59. The summed E-state index contributed by atoms with van der Waals surface area (Å²) in [4.78, 5) is 23.3. The second-order valence-electron chi connectivity index (χ2n) is 6.34. The molecule has 2 N–H and O–H groups in total. The Kier molecular flexibility index (Phi) is 8.12. The summed E-state index contributed by atoms with van der Waals surface area (Å²) in [6, 6.07) is 7.12. The number of carbonyl (C=O) groups is 2. The molecule has 0 aliphatic rings. The maximum atomic E-state index is 11.8. The highest BCUT2D eigenvalue weighted by Crippen LogP contribution is 2.18. The van der Waals surface area contributed by atoms with E-state index in [-0.39, 0.29) is 17.6 Å². The van der Waals surface area contributed by atoms with Gasteiger partial charge in [0.1, 0.15) is 5.75 Å². The molecule has 8 nitrogen and oxygen atoms in total. The number of hydrogen-bond donors (Lipinski definition) is 2. The lowest BCUT2D eigenvalue weighted by Crippen LogP contribution is -2.40. The van der Waals surface area contributed by atoms with Crippen molar-refractivity contribution in [2.24, 2.45) is 5.92 Å². The number of carbonyl (C=O) groups excluding carboxylic acids is 2. The molecule has 9 heteroatoms. The van der Waals surface area contributed by atoms with Gasteiger partial charge in [0.15, 0.2) is 6.61 Å². The van der Waals surface area contributed by atoms with E-state index in [0.717, 1.165) is 23.7 Å². The van der Waals surface area contributed by atoms with E-state index in [2.05, 4.69) is 34.7 Å². The van der Waals surface area contributed by atoms with Crippen molar-refractivity contribution in [1.29, 1.82) is 0 Å². The number of imide groups is 1. The molecule has 146 valence electrons. The van der Waals surface area contributed by atoms with E-state index in [4.69, 9.17) is 9.15 Å². The number of hydrogen-bond acceptors (Lipinski definition) is 7. The second-order valence-corrected chi connectivity index (χ2v) is 7.27. The molecule has 1 aromatic heterocycles. The lowest BCUT2D eigenvalue weighted by Gasteiger charge is -2.07. The van der Waals surface area contributed by atoms with Crippen LogP contribution >= 0.6 is 11.8 Å². The van der Waals surface area contributed by atoms with Gasteiger partial charge in [0, 0.05) is 6.54 Å². The number of amides is 3. The largest absolute Gasteiger partial charge is 0.484 e. The van der Waals surface area contributed by atoms with Gasteiger partial charge in [0.05, 0.1) is 5.75 Å². The maximum absolute atomic E-state index is 11.8. The molecule has 0 saturated carbocycles. The van der Waals surface area contributed by atoms with Crippen molar-refractivity contribution in [1.82, 2.24) is 20.8 Å². The number of nitrogens with one attached hydrogen (secondary N) is 2. The zero-order valence-corrected chi connectivity index (χ0v) is 16.5. The number of rotatable bonds is 9. The first-order valence-corrected chi connectivity index (χ1v) is 9.63. The van der Waals surface area contributed by atoms with Crippen LogP contribution < -0.4 is 15.4 Å². The zero-order valence-electron chi connectivity index (χ0n) is 15.7. The van der Waals surface area contributed by atoms with Crippen LogP contribution in [0.4, 0.5) is 4.79 Å². The summed E-state index contributed by atoms with van der Waals surface area (Å²) in [5.41, 5.74) is 1.09.